The summed E-state index contributed by atoms with van der Waals surface area (Å²) in [5, 5.41) is 12.9. The zero-order chi connectivity index (χ0) is 21.2. The van der Waals surface area contributed by atoms with Crippen molar-refractivity contribution in [1.82, 2.24) is 9.88 Å². The zero-order valence-corrected chi connectivity index (χ0v) is 17.4. The Bertz CT molecular complexity index is 1030. The highest BCUT2D eigenvalue weighted by atomic mass is 16.1. The quantitative estimate of drug-likeness (QED) is 0.400. The van der Waals surface area contributed by atoms with Gasteiger partial charge in [0.15, 0.2) is 0 Å². The van der Waals surface area contributed by atoms with Crippen LogP contribution in [0.2, 0.25) is 0 Å². The maximum atomic E-state index is 12.3. The number of nitrogens with one attached hydrogen (secondary N) is 1. The Kier molecular flexibility index (Phi) is 7.68. The Hall–Kier alpha value is -3.52. The second-order valence-electron chi connectivity index (χ2n) is 7.10. The molecule has 0 aliphatic heterocycles. The summed E-state index contributed by atoms with van der Waals surface area (Å²) in [5.41, 5.74) is 3.27. The first-order valence-electron chi connectivity index (χ1n) is 10.4. The maximum Gasteiger partial charge on any atom is 0.244 e. The van der Waals surface area contributed by atoms with Crippen LogP contribution in [0.3, 0.4) is 0 Å². The summed E-state index contributed by atoms with van der Waals surface area (Å²) < 4.78 is 2.07. The summed E-state index contributed by atoms with van der Waals surface area (Å²) >= 11 is 0. The monoisotopic (exact) mass is 400 g/mol. The van der Waals surface area contributed by atoms with Crippen LogP contribution < -0.4 is 10.2 Å². The Morgan fingerprint density at radius 2 is 1.93 bits per heavy atom. The fourth-order valence-electron chi connectivity index (χ4n) is 3.58. The highest BCUT2D eigenvalue weighted by molar-refractivity contribution is 5.96. The van der Waals surface area contributed by atoms with Crippen molar-refractivity contribution in [1.29, 1.82) is 5.26 Å². The van der Waals surface area contributed by atoms with E-state index < -0.39 is 0 Å². The maximum absolute atomic E-state index is 12.3. The number of para-hydroxylation sites is 2. The summed E-state index contributed by atoms with van der Waals surface area (Å²) in [6.45, 7) is 5.26. The van der Waals surface area contributed by atoms with Crippen molar-refractivity contribution in [3.63, 3.8) is 0 Å². The number of aromatic nitrogens is 1. The van der Waals surface area contributed by atoms with E-state index in [1.165, 1.54) is 5.69 Å². The van der Waals surface area contributed by atoms with Gasteiger partial charge in [-0.1, -0.05) is 36.4 Å². The standard InChI is InChI=1S/C25H28N4O/c1-2-28(22-10-4-3-5-11-22)19-9-17-27-25(30)15-14-21-20-29(18-8-16-26)24-13-7-6-12-23(21)24/h3-7,10-15,20H,2,8-9,17-19H2,1H3,(H,27,30)/b15-14+. The van der Waals surface area contributed by atoms with Gasteiger partial charge >= 0.3 is 0 Å². The molecule has 1 N–H and O–H groups in total. The molecule has 0 bridgehead atoms. The minimum absolute atomic E-state index is 0.0911. The van der Waals surface area contributed by atoms with Gasteiger partial charge in [0.2, 0.25) is 5.91 Å². The van der Waals surface area contributed by atoms with E-state index in [0.29, 0.717) is 19.5 Å². The first-order chi connectivity index (χ1) is 14.7. The minimum Gasteiger partial charge on any atom is -0.372 e. The predicted octanol–water partition coefficient (Wildman–Crippen LogP) is 4.60. The number of benzene rings is 2. The number of carbonyl (C=O) groups is 1. The predicted molar refractivity (Wildman–Crippen MR) is 123 cm³/mol. The molecule has 1 heterocycles. The molecule has 0 spiro atoms. The number of nitriles is 1. The molecule has 0 aliphatic rings. The average molecular weight is 401 g/mol. The van der Waals surface area contributed by atoms with Crippen molar-refractivity contribution in [2.45, 2.75) is 26.3 Å². The number of rotatable bonds is 10. The Morgan fingerprint density at radius 1 is 1.17 bits per heavy atom. The van der Waals surface area contributed by atoms with E-state index in [-0.39, 0.29) is 5.91 Å². The molecule has 0 radical (unpaired) electrons. The molecule has 30 heavy (non-hydrogen) atoms. The normalized spacial score (nSPS) is 10.9. The van der Waals surface area contributed by atoms with Gasteiger partial charge in [-0.2, -0.15) is 5.26 Å². The van der Waals surface area contributed by atoms with Crippen LogP contribution in [-0.4, -0.2) is 30.1 Å². The third-order valence-electron chi connectivity index (χ3n) is 5.11. The van der Waals surface area contributed by atoms with Crippen LogP contribution in [0.4, 0.5) is 5.69 Å². The molecule has 154 valence electrons. The lowest BCUT2D eigenvalue weighted by molar-refractivity contribution is -0.116. The number of anilines is 1. The SMILES string of the molecule is CCN(CCCNC(=O)/C=C/c1cn(CCC#N)c2ccccc12)c1ccccc1. The van der Waals surface area contributed by atoms with Gasteiger partial charge in [-0.05, 0) is 37.6 Å². The minimum atomic E-state index is -0.0911. The van der Waals surface area contributed by atoms with Crippen molar-refractivity contribution in [2.24, 2.45) is 0 Å². The first kappa shape index (κ1) is 21.2. The van der Waals surface area contributed by atoms with Gasteiger partial charge in [0.25, 0.3) is 0 Å². The Labute approximate surface area is 178 Å². The highest BCUT2D eigenvalue weighted by Gasteiger charge is 2.07. The number of fused-ring (bicyclic) bond motifs is 1. The molecule has 5 nitrogen and oxygen atoms in total. The molecule has 0 saturated heterocycles. The highest BCUT2D eigenvalue weighted by Crippen LogP contribution is 2.22. The lowest BCUT2D eigenvalue weighted by Gasteiger charge is -2.23. The molecule has 5 heteroatoms. The van der Waals surface area contributed by atoms with Gasteiger partial charge in [-0.25, -0.2) is 0 Å². The second-order valence-corrected chi connectivity index (χ2v) is 7.10. The molecule has 0 unspecified atom stereocenters. The molecular weight excluding hydrogens is 372 g/mol. The summed E-state index contributed by atoms with van der Waals surface area (Å²) in [6.07, 6.45) is 6.79. The van der Waals surface area contributed by atoms with E-state index in [4.69, 9.17) is 5.26 Å². The number of hydrogen-bond donors (Lipinski definition) is 1. The van der Waals surface area contributed by atoms with Crippen molar-refractivity contribution < 1.29 is 4.79 Å². The molecule has 3 aromatic rings. The molecule has 2 aromatic carbocycles. The van der Waals surface area contributed by atoms with E-state index >= 15 is 0 Å². The van der Waals surface area contributed by atoms with Crippen LogP contribution in [0.15, 0.2) is 66.9 Å². The molecule has 0 fully saturated rings. The zero-order valence-electron chi connectivity index (χ0n) is 17.4. The largest absolute Gasteiger partial charge is 0.372 e. The van der Waals surface area contributed by atoms with Gasteiger partial charge in [-0.3, -0.25) is 4.79 Å². The molecular formula is C25H28N4O. The molecule has 0 atom stereocenters. The van der Waals surface area contributed by atoms with E-state index in [1.54, 1.807) is 6.08 Å². The first-order valence-corrected chi connectivity index (χ1v) is 10.4. The van der Waals surface area contributed by atoms with Crippen molar-refractivity contribution in [3.05, 3.63) is 72.4 Å². The third-order valence-corrected chi connectivity index (χ3v) is 5.11. The third kappa shape index (κ3) is 5.51. The Morgan fingerprint density at radius 3 is 2.70 bits per heavy atom. The summed E-state index contributed by atoms with van der Waals surface area (Å²) in [5.74, 6) is -0.0911. The average Bonchev–Trinajstić information content (AvgIpc) is 3.14. The van der Waals surface area contributed by atoms with Crippen LogP contribution >= 0.6 is 0 Å². The molecule has 1 aromatic heterocycles. The van der Waals surface area contributed by atoms with Gasteiger partial charge in [0.1, 0.15) is 0 Å². The van der Waals surface area contributed by atoms with E-state index in [0.717, 1.165) is 36.0 Å². The van der Waals surface area contributed by atoms with Crippen molar-refractivity contribution in [3.8, 4) is 6.07 Å². The van der Waals surface area contributed by atoms with E-state index in [1.807, 2.05) is 54.7 Å². The van der Waals surface area contributed by atoms with Crippen LogP contribution in [0.25, 0.3) is 17.0 Å². The topological polar surface area (TPSA) is 61.1 Å². The van der Waals surface area contributed by atoms with E-state index in [2.05, 4.69) is 39.9 Å². The summed E-state index contributed by atoms with van der Waals surface area (Å²) in [4.78, 5) is 14.6. The molecule has 3 rings (SSSR count). The van der Waals surface area contributed by atoms with E-state index in [9.17, 15) is 4.79 Å². The van der Waals surface area contributed by atoms with Gasteiger partial charge < -0.3 is 14.8 Å². The Balaban J connectivity index is 1.53. The fraction of sp³-hybridized carbons (Fsp3) is 0.280. The number of hydrogen-bond acceptors (Lipinski definition) is 3. The van der Waals surface area contributed by atoms with Crippen LogP contribution in [0, 0.1) is 11.3 Å². The molecule has 1 amide bonds. The molecule has 0 aliphatic carbocycles. The van der Waals surface area contributed by atoms with Crippen molar-refractivity contribution >= 4 is 28.6 Å². The number of nitrogens with zero attached hydrogens (tertiary/aromatic N) is 3. The number of aryl methyl sites for hydroxylation is 1. The number of carbonyl (C=O) groups excluding carboxylic acids is 1. The van der Waals surface area contributed by atoms with Crippen LogP contribution in [0.5, 0.6) is 0 Å². The molecule has 0 saturated carbocycles. The fourth-order valence-corrected chi connectivity index (χ4v) is 3.58. The summed E-state index contributed by atoms with van der Waals surface area (Å²) in [6, 6.07) is 20.6. The summed E-state index contributed by atoms with van der Waals surface area (Å²) in [7, 11) is 0. The van der Waals surface area contributed by atoms with Gasteiger partial charge in [0.05, 0.1) is 12.5 Å². The van der Waals surface area contributed by atoms with Gasteiger partial charge in [0, 0.05) is 60.6 Å². The lowest BCUT2D eigenvalue weighted by Crippen LogP contribution is -2.29. The number of amides is 1. The lowest BCUT2D eigenvalue weighted by atomic mass is 10.1. The van der Waals surface area contributed by atoms with Crippen molar-refractivity contribution in [2.75, 3.05) is 24.5 Å². The van der Waals surface area contributed by atoms with Gasteiger partial charge in [-0.15, -0.1) is 0 Å². The smallest absolute Gasteiger partial charge is 0.244 e. The second kappa shape index (κ2) is 10.9. The van der Waals surface area contributed by atoms with Crippen LogP contribution in [0.1, 0.15) is 25.3 Å². The van der Waals surface area contributed by atoms with Crippen LogP contribution in [-0.2, 0) is 11.3 Å².